The Labute approximate surface area is 75.7 Å². The Morgan fingerprint density at radius 3 is 2.33 bits per heavy atom. The Balaban J connectivity index is 3.22. The fourth-order valence-electron chi connectivity index (χ4n) is 0.646. The summed E-state index contributed by atoms with van der Waals surface area (Å²) >= 11 is 1.18. The summed E-state index contributed by atoms with van der Waals surface area (Å²) in [5, 5.41) is 0. The van der Waals surface area contributed by atoms with Crippen LogP contribution in [0, 0.1) is 13.8 Å². The third-order valence-corrected chi connectivity index (χ3v) is 4.37. The molecule has 6 heteroatoms. The fraction of sp³-hybridized carbons (Fsp3) is 0.500. The van der Waals surface area contributed by atoms with Crippen molar-refractivity contribution in [2.24, 2.45) is 0 Å². The van der Waals surface area contributed by atoms with Gasteiger partial charge in [-0.1, -0.05) is 0 Å². The van der Waals surface area contributed by atoms with Crippen molar-refractivity contribution in [2.75, 3.05) is 7.05 Å². The Kier molecular flexibility index (Phi) is 2.50. The number of nitrogens with one attached hydrogen (secondary N) is 1. The summed E-state index contributed by atoms with van der Waals surface area (Å²) < 4.78 is 24.8. The maximum Gasteiger partial charge on any atom is 0.267 e. The Morgan fingerprint density at radius 2 is 2.00 bits per heavy atom. The minimum atomic E-state index is -3.34. The maximum absolute atomic E-state index is 11.2. The van der Waals surface area contributed by atoms with E-state index in [0.29, 0.717) is 0 Å². The van der Waals surface area contributed by atoms with Gasteiger partial charge in [0.25, 0.3) is 10.0 Å². The maximum atomic E-state index is 11.2. The molecule has 0 saturated carbocycles. The Bertz CT molecular complexity index is 361. The molecule has 68 valence electrons. The normalized spacial score (nSPS) is 11.9. The van der Waals surface area contributed by atoms with Gasteiger partial charge in [-0.15, -0.1) is 11.3 Å². The summed E-state index contributed by atoms with van der Waals surface area (Å²) in [5.74, 6) is 0. The smallest absolute Gasteiger partial charge is 0.229 e. The molecule has 12 heavy (non-hydrogen) atoms. The minimum Gasteiger partial charge on any atom is -0.229 e. The van der Waals surface area contributed by atoms with E-state index >= 15 is 0 Å². The van der Waals surface area contributed by atoms with E-state index in [4.69, 9.17) is 0 Å². The number of aryl methyl sites for hydroxylation is 2. The number of aromatic nitrogens is 1. The highest BCUT2D eigenvalue weighted by Gasteiger charge is 2.16. The highest BCUT2D eigenvalue weighted by atomic mass is 32.2. The number of hydrogen-bond acceptors (Lipinski definition) is 4. The van der Waals surface area contributed by atoms with Gasteiger partial charge in [0.15, 0.2) is 0 Å². The second-order valence-electron chi connectivity index (χ2n) is 2.33. The number of hydrogen-bond donors (Lipinski definition) is 1. The van der Waals surface area contributed by atoms with Gasteiger partial charge < -0.3 is 0 Å². The SMILES string of the molecule is CNS(=O)(=O)c1nc(C)c(C)s1. The number of thiazole rings is 1. The second kappa shape index (κ2) is 3.12. The van der Waals surface area contributed by atoms with Crippen LogP contribution >= 0.6 is 11.3 Å². The lowest BCUT2D eigenvalue weighted by Crippen LogP contribution is -2.18. The van der Waals surface area contributed by atoms with Crippen LogP contribution in [-0.4, -0.2) is 20.4 Å². The lowest BCUT2D eigenvalue weighted by Gasteiger charge is -1.93. The van der Waals surface area contributed by atoms with Crippen molar-refractivity contribution in [2.45, 2.75) is 18.2 Å². The van der Waals surface area contributed by atoms with Crippen LogP contribution in [0.1, 0.15) is 10.6 Å². The molecule has 0 radical (unpaired) electrons. The zero-order chi connectivity index (χ0) is 9.35. The van der Waals surface area contributed by atoms with E-state index in [1.165, 1.54) is 18.4 Å². The molecule has 1 N–H and O–H groups in total. The van der Waals surface area contributed by atoms with Crippen molar-refractivity contribution >= 4 is 21.4 Å². The molecule has 0 aromatic carbocycles. The first-order valence-corrected chi connectivity index (χ1v) is 5.65. The Morgan fingerprint density at radius 1 is 1.42 bits per heavy atom. The quantitative estimate of drug-likeness (QED) is 0.773. The first kappa shape index (κ1) is 9.63. The van der Waals surface area contributed by atoms with Crippen molar-refractivity contribution in [3.63, 3.8) is 0 Å². The molecule has 1 aromatic rings. The van der Waals surface area contributed by atoms with Crippen molar-refractivity contribution < 1.29 is 8.42 Å². The molecule has 1 rings (SSSR count). The molecule has 0 spiro atoms. The summed E-state index contributed by atoms with van der Waals surface area (Å²) in [4.78, 5) is 4.85. The highest BCUT2D eigenvalue weighted by Crippen LogP contribution is 2.20. The van der Waals surface area contributed by atoms with Gasteiger partial charge in [0, 0.05) is 4.88 Å². The molecule has 0 saturated heterocycles. The standard InChI is InChI=1S/C6H10N2O2S2/c1-4-5(2)11-6(8-4)12(9,10)7-3/h7H,1-3H3. The van der Waals surface area contributed by atoms with Crippen LogP contribution in [0.4, 0.5) is 0 Å². The first-order chi connectivity index (χ1) is 5.47. The van der Waals surface area contributed by atoms with Crippen LogP contribution in [-0.2, 0) is 10.0 Å². The van der Waals surface area contributed by atoms with E-state index < -0.39 is 10.0 Å². The van der Waals surface area contributed by atoms with E-state index in [1.807, 2.05) is 6.92 Å². The molecular weight excluding hydrogens is 196 g/mol. The summed E-state index contributed by atoms with van der Waals surface area (Å²) in [6.45, 7) is 3.64. The summed E-state index contributed by atoms with van der Waals surface area (Å²) in [6, 6.07) is 0. The number of sulfonamides is 1. The Hall–Kier alpha value is -0.460. The van der Waals surface area contributed by atoms with Crippen LogP contribution in [0.2, 0.25) is 0 Å². The van der Waals surface area contributed by atoms with Crippen LogP contribution in [0.15, 0.2) is 4.34 Å². The lowest BCUT2D eigenvalue weighted by atomic mass is 10.4. The van der Waals surface area contributed by atoms with Crippen molar-refractivity contribution in [3.8, 4) is 0 Å². The molecule has 0 unspecified atom stereocenters. The number of nitrogens with zero attached hydrogens (tertiary/aromatic N) is 1. The predicted molar refractivity (Wildman–Crippen MR) is 47.8 cm³/mol. The van der Waals surface area contributed by atoms with Crippen molar-refractivity contribution in [1.82, 2.24) is 9.71 Å². The molecule has 0 aliphatic carbocycles. The van der Waals surface area contributed by atoms with E-state index in [1.54, 1.807) is 6.92 Å². The molecular formula is C6H10N2O2S2. The third kappa shape index (κ3) is 1.65. The highest BCUT2D eigenvalue weighted by molar-refractivity contribution is 7.91. The van der Waals surface area contributed by atoms with Gasteiger partial charge in [-0.05, 0) is 20.9 Å². The molecule has 4 nitrogen and oxygen atoms in total. The summed E-state index contributed by atoms with van der Waals surface area (Å²) in [5.41, 5.74) is 0.772. The van der Waals surface area contributed by atoms with Crippen molar-refractivity contribution in [3.05, 3.63) is 10.6 Å². The fourth-order valence-corrected chi connectivity index (χ4v) is 2.78. The molecule has 0 bridgehead atoms. The zero-order valence-corrected chi connectivity index (χ0v) is 8.71. The molecule has 0 fully saturated rings. The van der Waals surface area contributed by atoms with Crippen LogP contribution in [0.3, 0.4) is 0 Å². The predicted octanol–water partition coefficient (Wildman–Crippen LogP) is 0.668. The summed E-state index contributed by atoms with van der Waals surface area (Å²) in [6.07, 6.45) is 0. The average molecular weight is 206 g/mol. The molecule has 1 heterocycles. The second-order valence-corrected chi connectivity index (χ2v) is 5.59. The molecule has 1 aromatic heterocycles. The lowest BCUT2D eigenvalue weighted by molar-refractivity contribution is 0.587. The van der Waals surface area contributed by atoms with Gasteiger partial charge in [0.1, 0.15) is 0 Å². The van der Waals surface area contributed by atoms with Gasteiger partial charge in [0.2, 0.25) is 4.34 Å². The largest absolute Gasteiger partial charge is 0.267 e. The van der Waals surface area contributed by atoms with Gasteiger partial charge in [0.05, 0.1) is 5.69 Å². The van der Waals surface area contributed by atoms with Gasteiger partial charge >= 0.3 is 0 Å². The van der Waals surface area contributed by atoms with Gasteiger partial charge in [-0.3, -0.25) is 0 Å². The number of rotatable bonds is 2. The topological polar surface area (TPSA) is 59.1 Å². The summed E-state index contributed by atoms with van der Waals surface area (Å²) in [7, 11) is -1.97. The third-order valence-electron chi connectivity index (χ3n) is 1.51. The molecule has 0 aliphatic heterocycles. The van der Waals surface area contributed by atoms with E-state index in [2.05, 4.69) is 9.71 Å². The van der Waals surface area contributed by atoms with E-state index in [0.717, 1.165) is 10.6 Å². The van der Waals surface area contributed by atoms with Gasteiger partial charge in [-0.2, -0.15) is 0 Å². The van der Waals surface area contributed by atoms with Gasteiger partial charge in [-0.25, -0.2) is 18.1 Å². The van der Waals surface area contributed by atoms with Crippen LogP contribution in [0.25, 0.3) is 0 Å². The first-order valence-electron chi connectivity index (χ1n) is 3.35. The molecule has 0 atom stereocenters. The van der Waals surface area contributed by atoms with E-state index in [9.17, 15) is 8.42 Å². The molecule has 0 aliphatic rings. The monoisotopic (exact) mass is 206 g/mol. The zero-order valence-electron chi connectivity index (χ0n) is 7.08. The minimum absolute atomic E-state index is 0.139. The van der Waals surface area contributed by atoms with E-state index in [-0.39, 0.29) is 4.34 Å². The average Bonchev–Trinajstić information content (AvgIpc) is 2.33. The van der Waals surface area contributed by atoms with Crippen LogP contribution in [0.5, 0.6) is 0 Å². The van der Waals surface area contributed by atoms with Crippen LogP contribution < -0.4 is 4.72 Å². The molecule has 0 amide bonds. The van der Waals surface area contributed by atoms with Crippen molar-refractivity contribution in [1.29, 1.82) is 0 Å².